The average Bonchev–Trinajstić information content (AvgIpc) is 3.33. The van der Waals surface area contributed by atoms with Crippen LogP contribution in [0.2, 0.25) is 0 Å². The number of rotatable bonds is 11. The monoisotopic (exact) mass is 576 g/mol. The van der Waals surface area contributed by atoms with Gasteiger partial charge in [-0.05, 0) is 57.2 Å². The van der Waals surface area contributed by atoms with Crippen molar-refractivity contribution in [2.45, 2.75) is 82.9 Å². The molecule has 1 aliphatic carbocycles. The van der Waals surface area contributed by atoms with Crippen LogP contribution < -0.4 is 20.9 Å². The van der Waals surface area contributed by atoms with Gasteiger partial charge in [-0.2, -0.15) is 5.09 Å². The minimum absolute atomic E-state index is 0.102. The zero-order valence-electron chi connectivity index (χ0n) is 22.3. The maximum atomic E-state index is 13.9. The summed E-state index contributed by atoms with van der Waals surface area (Å²) in [4.78, 5) is 42.0. The van der Waals surface area contributed by atoms with E-state index in [0.717, 1.165) is 32.1 Å². The van der Waals surface area contributed by atoms with E-state index in [1.54, 1.807) is 37.3 Å². The predicted octanol–water partition coefficient (Wildman–Crippen LogP) is 3.87. The summed E-state index contributed by atoms with van der Waals surface area (Å²) < 4.78 is 38.0. The molecule has 40 heavy (non-hydrogen) atoms. The van der Waals surface area contributed by atoms with Crippen LogP contribution in [0, 0.1) is 6.92 Å². The van der Waals surface area contributed by atoms with Gasteiger partial charge >= 0.3 is 19.4 Å². The molecule has 2 unspecified atom stereocenters. The number of ether oxygens (including phenoxy) is 2. The van der Waals surface area contributed by atoms with Gasteiger partial charge in [0, 0.05) is 23.1 Å². The Labute approximate surface area is 230 Å². The van der Waals surface area contributed by atoms with E-state index in [9.17, 15) is 18.9 Å². The van der Waals surface area contributed by atoms with E-state index in [1.165, 1.54) is 17.7 Å². The Morgan fingerprint density at radius 3 is 2.70 bits per heavy atom. The van der Waals surface area contributed by atoms with Crippen molar-refractivity contribution in [2.24, 2.45) is 5.11 Å². The molecule has 2 aliphatic rings. The third-order valence-corrected chi connectivity index (χ3v) is 8.42. The Balaban J connectivity index is 1.49. The van der Waals surface area contributed by atoms with Crippen molar-refractivity contribution in [1.29, 1.82) is 0 Å². The van der Waals surface area contributed by atoms with Crippen molar-refractivity contribution in [3.8, 4) is 5.75 Å². The van der Waals surface area contributed by atoms with Crippen molar-refractivity contribution < 1.29 is 27.9 Å². The van der Waals surface area contributed by atoms with Crippen molar-refractivity contribution in [1.82, 2.24) is 14.6 Å². The van der Waals surface area contributed by atoms with Crippen LogP contribution in [0.5, 0.6) is 5.75 Å². The molecule has 2 fully saturated rings. The highest BCUT2D eigenvalue weighted by Gasteiger charge is 2.40. The number of carbonyl (C=O) groups excluding carboxylic acids is 1. The molecule has 2 heterocycles. The highest BCUT2D eigenvalue weighted by molar-refractivity contribution is 7.52. The SMILES string of the molecule is Cc1cn([C@H]2C[C@H](N=[N+]=[N-])[C@@H](COP(=O)(NC(C)C(=O)OC3CCCCC3)Oc3ccccc3)O2)c(=O)[nH]c1=O. The fourth-order valence-electron chi connectivity index (χ4n) is 4.64. The minimum atomic E-state index is -4.20. The maximum Gasteiger partial charge on any atom is 0.459 e. The third-order valence-electron chi connectivity index (χ3n) is 6.78. The summed E-state index contributed by atoms with van der Waals surface area (Å²) in [6.07, 6.45) is 4.12. The van der Waals surface area contributed by atoms with Crippen molar-refractivity contribution in [3.05, 3.63) is 73.4 Å². The second-order valence-electron chi connectivity index (χ2n) is 9.86. The highest BCUT2D eigenvalue weighted by atomic mass is 31.2. The Bertz CT molecular complexity index is 1390. The van der Waals surface area contributed by atoms with Crippen LogP contribution in [-0.4, -0.2) is 46.4 Å². The molecule has 14 nitrogen and oxygen atoms in total. The number of azide groups is 1. The Morgan fingerprint density at radius 2 is 2.00 bits per heavy atom. The number of H-pyrrole nitrogens is 1. The normalized spacial score (nSPS) is 23.5. The first kappa shape index (κ1) is 29.6. The Kier molecular flexibility index (Phi) is 9.83. The number of hydrogen-bond donors (Lipinski definition) is 2. The number of benzene rings is 1. The molecular weight excluding hydrogens is 543 g/mol. The van der Waals surface area contributed by atoms with E-state index in [1.807, 2.05) is 0 Å². The molecule has 2 aromatic rings. The minimum Gasteiger partial charge on any atom is -0.461 e. The molecule has 216 valence electrons. The van der Waals surface area contributed by atoms with Crippen molar-refractivity contribution in [2.75, 3.05) is 6.61 Å². The number of aromatic amines is 1. The number of aromatic nitrogens is 2. The number of esters is 1. The van der Waals surface area contributed by atoms with E-state index < -0.39 is 49.4 Å². The van der Waals surface area contributed by atoms with Gasteiger partial charge in [-0.15, -0.1) is 0 Å². The van der Waals surface area contributed by atoms with Crippen molar-refractivity contribution in [3.63, 3.8) is 0 Å². The van der Waals surface area contributed by atoms with Gasteiger partial charge in [0.05, 0.1) is 18.8 Å². The summed E-state index contributed by atoms with van der Waals surface area (Å²) in [5, 5.41) is 6.40. The van der Waals surface area contributed by atoms with Crippen LogP contribution in [0.4, 0.5) is 0 Å². The molecule has 4 rings (SSSR count). The summed E-state index contributed by atoms with van der Waals surface area (Å²) in [6, 6.07) is 6.49. The molecular formula is C25H33N6O8P. The van der Waals surface area contributed by atoms with Crippen LogP contribution >= 0.6 is 7.75 Å². The quantitative estimate of drug-likeness (QED) is 0.132. The average molecular weight is 577 g/mol. The molecule has 1 saturated carbocycles. The summed E-state index contributed by atoms with van der Waals surface area (Å²) in [7, 11) is -4.20. The Morgan fingerprint density at radius 1 is 1.27 bits per heavy atom. The molecule has 5 atom stereocenters. The highest BCUT2D eigenvalue weighted by Crippen LogP contribution is 2.46. The van der Waals surface area contributed by atoms with Crippen LogP contribution in [0.1, 0.15) is 57.2 Å². The lowest BCUT2D eigenvalue weighted by Crippen LogP contribution is -2.38. The number of carbonyl (C=O) groups is 1. The first-order chi connectivity index (χ1) is 19.2. The standard InChI is InChI=1S/C25H33N6O8P/c1-16-14-31(25(34)27-23(16)32)22-13-20(28-30-26)21(38-22)15-36-40(35,39-19-11-7-4-8-12-19)29-17(2)24(33)37-18-9-5-3-6-10-18/h4,7-8,11-12,14,17-18,20-22H,3,5-6,9-10,13,15H2,1-2H3,(H,29,35)(H,27,32,34)/t17?,20-,21+,22+,40?/m0/s1. The van der Waals surface area contributed by atoms with Crippen LogP contribution in [-0.2, 0) is 23.4 Å². The molecule has 0 spiro atoms. The van der Waals surface area contributed by atoms with Gasteiger partial charge in [0.2, 0.25) is 0 Å². The van der Waals surface area contributed by atoms with Crippen LogP contribution in [0.3, 0.4) is 0 Å². The lowest BCUT2D eigenvalue weighted by molar-refractivity contribution is -0.152. The van der Waals surface area contributed by atoms with Gasteiger partial charge in [0.25, 0.3) is 5.56 Å². The van der Waals surface area contributed by atoms with Crippen LogP contribution in [0.15, 0.2) is 51.2 Å². The first-order valence-corrected chi connectivity index (χ1v) is 14.7. The van der Waals surface area contributed by atoms with Gasteiger partial charge in [0.15, 0.2) is 0 Å². The zero-order valence-corrected chi connectivity index (χ0v) is 23.2. The Hall–Kier alpha value is -3.41. The van der Waals surface area contributed by atoms with Crippen molar-refractivity contribution >= 4 is 13.7 Å². The summed E-state index contributed by atoms with van der Waals surface area (Å²) in [5.41, 5.74) is 8.16. The number of nitrogens with one attached hydrogen (secondary N) is 2. The predicted molar refractivity (Wildman–Crippen MR) is 144 cm³/mol. The molecule has 1 aromatic carbocycles. The number of hydrogen-bond acceptors (Lipinski definition) is 9. The van der Waals surface area contributed by atoms with Gasteiger partial charge in [-0.1, -0.05) is 29.7 Å². The van der Waals surface area contributed by atoms with Gasteiger partial charge < -0.3 is 14.0 Å². The largest absolute Gasteiger partial charge is 0.461 e. The molecule has 1 aromatic heterocycles. The topological polar surface area (TPSA) is 187 Å². The maximum absolute atomic E-state index is 13.9. The molecule has 15 heteroatoms. The number of aryl methyl sites for hydroxylation is 1. The molecule has 1 aliphatic heterocycles. The van der Waals surface area contributed by atoms with E-state index in [0.29, 0.717) is 5.56 Å². The van der Waals surface area contributed by atoms with Gasteiger partial charge in [-0.25, -0.2) is 9.36 Å². The lowest BCUT2D eigenvalue weighted by atomic mass is 9.98. The molecule has 0 radical (unpaired) electrons. The van der Waals surface area contributed by atoms with E-state index in [2.05, 4.69) is 20.1 Å². The second kappa shape index (κ2) is 13.3. The lowest BCUT2D eigenvalue weighted by Gasteiger charge is -2.27. The van der Waals surface area contributed by atoms with E-state index >= 15 is 0 Å². The van der Waals surface area contributed by atoms with Crippen LogP contribution in [0.25, 0.3) is 10.4 Å². The van der Waals surface area contributed by atoms with E-state index in [-0.39, 0.29) is 24.9 Å². The second-order valence-corrected chi connectivity index (χ2v) is 11.6. The fraction of sp³-hybridized carbons (Fsp3) is 0.560. The fourth-order valence-corrected chi connectivity index (χ4v) is 6.15. The number of para-hydroxylation sites is 1. The summed E-state index contributed by atoms with van der Waals surface area (Å²) in [5.74, 6) is -0.345. The summed E-state index contributed by atoms with van der Waals surface area (Å²) >= 11 is 0. The first-order valence-electron chi connectivity index (χ1n) is 13.2. The van der Waals surface area contributed by atoms with E-state index in [4.69, 9.17) is 24.1 Å². The van der Waals surface area contributed by atoms with Gasteiger partial charge in [-0.3, -0.25) is 23.7 Å². The molecule has 0 bridgehead atoms. The summed E-state index contributed by atoms with van der Waals surface area (Å²) in [6.45, 7) is 2.68. The molecule has 2 N–H and O–H groups in total. The zero-order chi connectivity index (χ0) is 28.7. The number of nitrogens with zero attached hydrogens (tertiary/aromatic N) is 4. The third kappa shape index (κ3) is 7.61. The smallest absolute Gasteiger partial charge is 0.459 e. The molecule has 0 amide bonds. The molecule has 1 saturated heterocycles. The van der Waals surface area contributed by atoms with Gasteiger partial charge in [0.1, 0.15) is 24.1 Å².